The Labute approximate surface area is 59.9 Å². The van der Waals surface area contributed by atoms with Crippen LogP contribution in [-0.4, -0.2) is 10.9 Å². The molecule has 0 amide bonds. The van der Waals surface area contributed by atoms with Gasteiger partial charge in [-0.05, 0) is 24.5 Å². The molecule has 2 nitrogen and oxygen atoms in total. The molecule has 0 bridgehead atoms. The van der Waals surface area contributed by atoms with Crippen LogP contribution in [-0.2, 0) is 4.79 Å². The Morgan fingerprint density at radius 1 is 1.40 bits per heavy atom. The van der Waals surface area contributed by atoms with Gasteiger partial charge in [-0.3, -0.25) is 4.79 Å². The lowest BCUT2D eigenvalue weighted by atomic mass is 10.1. The molecule has 1 N–H and O–H groups in total. The number of hydrogen-bond donors (Lipinski definition) is 1. The van der Waals surface area contributed by atoms with E-state index in [9.17, 15) is 4.79 Å². The molecule has 0 aliphatic heterocycles. The number of rotatable bonds is 0. The topological polar surface area (TPSA) is 37.3 Å². The number of ketones is 1. The zero-order chi connectivity index (χ0) is 7.40. The molecule has 2 heteroatoms. The highest BCUT2D eigenvalue weighted by atomic mass is 16.2. The SMILES string of the molecule is O=C1C=CC(=CO)CCC1. The molecule has 54 valence electrons. The summed E-state index contributed by atoms with van der Waals surface area (Å²) in [5, 5.41) is 8.58. The van der Waals surface area contributed by atoms with Gasteiger partial charge in [-0.1, -0.05) is 6.08 Å². The van der Waals surface area contributed by atoms with Crippen molar-refractivity contribution >= 4 is 5.78 Å². The summed E-state index contributed by atoms with van der Waals surface area (Å²) in [6.07, 6.45) is 6.52. The molecule has 0 aromatic rings. The average molecular weight is 138 g/mol. The van der Waals surface area contributed by atoms with Crippen LogP contribution in [0.3, 0.4) is 0 Å². The first-order valence-corrected chi connectivity index (χ1v) is 3.37. The number of allylic oxidation sites excluding steroid dienone is 3. The van der Waals surface area contributed by atoms with Crippen LogP contribution in [0.5, 0.6) is 0 Å². The van der Waals surface area contributed by atoms with Crippen molar-refractivity contribution in [2.75, 3.05) is 0 Å². The molecule has 0 saturated carbocycles. The summed E-state index contributed by atoms with van der Waals surface area (Å²) in [6, 6.07) is 0. The van der Waals surface area contributed by atoms with Crippen molar-refractivity contribution in [3.63, 3.8) is 0 Å². The summed E-state index contributed by atoms with van der Waals surface area (Å²) in [5.74, 6) is 0.150. The monoisotopic (exact) mass is 138 g/mol. The minimum atomic E-state index is 0.150. The molecule has 0 saturated heterocycles. The summed E-state index contributed by atoms with van der Waals surface area (Å²) < 4.78 is 0. The first kappa shape index (κ1) is 7.06. The Balaban J connectivity index is 2.68. The Morgan fingerprint density at radius 2 is 2.20 bits per heavy atom. The van der Waals surface area contributed by atoms with Crippen LogP contribution in [0.1, 0.15) is 19.3 Å². The van der Waals surface area contributed by atoms with E-state index >= 15 is 0 Å². The van der Waals surface area contributed by atoms with E-state index in [4.69, 9.17) is 5.11 Å². The fourth-order valence-electron chi connectivity index (χ4n) is 0.941. The van der Waals surface area contributed by atoms with Gasteiger partial charge in [0.2, 0.25) is 0 Å². The number of carbonyl (C=O) groups excluding carboxylic acids is 1. The molecule has 0 fully saturated rings. The van der Waals surface area contributed by atoms with Gasteiger partial charge in [0.1, 0.15) is 0 Å². The van der Waals surface area contributed by atoms with Gasteiger partial charge in [0.25, 0.3) is 0 Å². The maximum absolute atomic E-state index is 10.7. The van der Waals surface area contributed by atoms with Crippen molar-refractivity contribution < 1.29 is 9.90 Å². The van der Waals surface area contributed by atoms with Crippen molar-refractivity contribution in [1.82, 2.24) is 0 Å². The third-order valence-corrected chi connectivity index (χ3v) is 1.54. The third-order valence-electron chi connectivity index (χ3n) is 1.54. The van der Waals surface area contributed by atoms with E-state index in [0.29, 0.717) is 6.42 Å². The highest BCUT2D eigenvalue weighted by Gasteiger charge is 2.03. The van der Waals surface area contributed by atoms with E-state index in [1.54, 1.807) is 6.08 Å². The van der Waals surface area contributed by atoms with Crippen LogP contribution in [0.15, 0.2) is 24.0 Å². The molecule has 0 aromatic carbocycles. The van der Waals surface area contributed by atoms with Gasteiger partial charge in [-0.15, -0.1) is 0 Å². The lowest BCUT2D eigenvalue weighted by molar-refractivity contribution is -0.114. The molecule has 0 aromatic heterocycles. The van der Waals surface area contributed by atoms with E-state index in [-0.39, 0.29) is 5.78 Å². The summed E-state index contributed by atoms with van der Waals surface area (Å²) in [6.45, 7) is 0. The zero-order valence-electron chi connectivity index (χ0n) is 5.71. The van der Waals surface area contributed by atoms with Crippen LogP contribution in [0.25, 0.3) is 0 Å². The zero-order valence-corrected chi connectivity index (χ0v) is 5.71. The van der Waals surface area contributed by atoms with Gasteiger partial charge in [0.05, 0.1) is 6.26 Å². The summed E-state index contributed by atoms with van der Waals surface area (Å²) in [4.78, 5) is 10.7. The highest BCUT2D eigenvalue weighted by Crippen LogP contribution is 2.12. The minimum absolute atomic E-state index is 0.150. The first-order valence-electron chi connectivity index (χ1n) is 3.37. The lowest BCUT2D eigenvalue weighted by Gasteiger charge is -1.92. The maximum atomic E-state index is 10.7. The van der Waals surface area contributed by atoms with Gasteiger partial charge in [-0.2, -0.15) is 0 Å². The van der Waals surface area contributed by atoms with Crippen LogP contribution >= 0.6 is 0 Å². The third kappa shape index (κ3) is 1.72. The Kier molecular flexibility index (Phi) is 2.26. The fraction of sp³-hybridized carbons (Fsp3) is 0.375. The van der Waals surface area contributed by atoms with Gasteiger partial charge >= 0.3 is 0 Å². The second kappa shape index (κ2) is 3.20. The van der Waals surface area contributed by atoms with Crippen molar-refractivity contribution in [2.45, 2.75) is 19.3 Å². The van der Waals surface area contributed by atoms with E-state index in [1.807, 2.05) is 0 Å². The molecule has 0 heterocycles. The lowest BCUT2D eigenvalue weighted by Crippen LogP contribution is -1.87. The average Bonchev–Trinajstić information content (AvgIpc) is 2.14. The Bertz CT molecular complexity index is 189. The number of carbonyl (C=O) groups is 1. The van der Waals surface area contributed by atoms with Crippen molar-refractivity contribution in [1.29, 1.82) is 0 Å². The second-order valence-corrected chi connectivity index (χ2v) is 2.36. The maximum Gasteiger partial charge on any atom is 0.155 e. The van der Waals surface area contributed by atoms with E-state index < -0.39 is 0 Å². The van der Waals surface area contributed by atoms with E-state index in [0.717, 1.165) is 24.7 Å². The van der Waals surface area contributed by atoms with E-state index in [2.05, 4.69) is 0 Å². The Hall–Kier alpha value is -1.05. The molecular weight excluding hydrogens is 128 g/mol. The van der Waals surface area contributed by atoms with Crippen LogP contribution in [0, 0.1) is 0 Å². The molecule has 0 radical (unpaired) electrons. The molecule has 0 atom stereocenters. The summed E-state index contributed by atoms with van der Waals surface area (Å²) >= 11 is 0. The normalized spacial score (nSPS) is 23.2. The predicted molar refractivity (Wildman–Crippen MR) is 38.7 cm³/mol. The van der Waals surface area contributed by atoms with Gasteiger partial charge in [0.15, 0.2) is 5.78 Å². The molecule has 0 unspecified atom stereocenters. The second-order valence-electron chi connectivity index (χ2n) is 2.36. The van der Waals surface area contributed by atoms with Crippen molar-refractivity contribution in [3.05, 3.63) is 24.0 Å². The standard InChI is InChI=1S/C8H10O2/c9-6-7-2-1-3-8(10)5-4-7/h4-6,9H,1-3H2. The summed E-state index contributed by atoms with van der Waals surface area (Å²) in [7, 11) is 0. The number of aliphatic hydroxyl groups excluding tert-OH is 1. The molecule has 1 aliphatic carbocycles. The summed E-state index contributed by atoms with van der Waals surface area (Å²) in [5.41, 5.74) is 0.839. The molecule has 10 heavy (non-hydrogen) atoms. The van der Waals surface area contributed by atoms with Gasteiger partial charge in [-0.25, -0.2) is 0 Å². The van der Waals surface area contributed by atoms with Crippen LogP contribution < -0.4 is 0 Å². The molecule has 1 rings (SSSR count). The highest BCUT2D eigenvalue weighted by molar-refractivity contribution is 5.90. The first-order chi connectivity index (χ1) is 4.83. The van der Waals surface area contributed by atoms with Crippen molar-refractivity contribution in [3.8, 4) is 0 Å². The van der Waals surface area contributed by atoms with Gasteiger partial charge < -0.3 is 5.11 Å². The number of hydrogen-bond acceptors (Lipinski definition) is 2. The van der Waals surface area contributed by atoms with Crippen LogP contribution in [0.4, 0.5) is 0 Å². The quantitative estimate of drug-likeness (QED) is 0.517. The largest absolute Gasteiger partial charge is 0.515 e. The molecule has 1 aliphatic rings. The molecular formula is C8H10O2. The van der Waals surface area contributed by atoms with Crippen molar-refractivity contribution in [2.24, 2.45) is 0 Å². The van der Waals surface area contributed by atoms with Gasteiger partial charge in [0, 0.05) is 6.42 Å². The molecule has 0 spiro atoms. The predicted octanol–water partition coefficient (Wildman–Crippen LogP) is 1.74. The fourth-order valence-corrected chi connectivity index (χ4v) is 0.941. The smallest absolute Gasteiger partial charge is 0.155 e. The Morgan fingerprint density at radius 3 is 2.90 bits per heavy atom. The minimum Gasteiger partial charge on any atom is -0.515 e. The van der Waals surface area contributed by atoms with E-state index in [1.165, 1.54) is 6.08 Å². The van der Waals surface area contributed by atoms with Crippen LogP contribution in [0.2, 0.25) is 0 Å². The number of aliphatic hydroxyl groups is 1.